The van der Waals surface area contributed by atoms with E-state index in [0.29, 0.717) is 37.5 Å². The van der Waals surface area contributed by atoms with Crippen LogP contribution >= 0.6 is 11.3 Å². The maximum Gasteiger partial charge on any atom is 0.257 e. The zero-order valence-corrected chi connectivity index (χ0v) is 16.2. The topological polar surface area (TPSA) is 66.0 Å². The molecule has 2 aliphatic heterocycles. The van der Waals surface area contributed by atoms with E-state index in [1.165, 1.54) is 0 Å². The number of thiophene rings is 1. The molecule has 8 heteroatoms. The van der Waals surface area contributed by atoms with Gasteiger partial charge in [0.25, 0.3) is 5.91 Å². The predicted molar refractivity (Wildman–Crippen MR) is 103 cm³/mol. The molecule has 2 aliphatic rings. The number of carbonyl (C=O) groups is 2. The molecule has 1 atom stereocenters. The molecular weight excluding hydrogens is 364 g/mol. The minimum atomic E-state index is -0.230. The lowest BCUT2D eigenvalue weighted by Crippen LogP contribution is -2.64. The summed E-state index contributed by atoms with van der Waals surface area (Å²) in [6.07, 6.45) is 3.99. The molecule has 0 aliphatic carbocycles. The number of aromatic nitrogens is 1. The van der Waals surface area contributed by atoms with Crippen LogP contribution < -0.4 is 9.64 Å². The summed E-state index contributed by atoms with van der Waals surface area (Å²) in [5, 5.41) is 3.98. The van der Waals surface area contributed by atoms with Crippen molar-refractivity contribution in [3.63, 3.8) is 0 Å². The monoisotopic (exact) mass is 386 g/mol. The van der Waals surface area contributed by atoms with Crippen LogP contribution in [0, 0.1) is 0 Å². The molecule has 1 unspecified atom stereocenters. The van der Waals surface area contributed by atoms with E-state index in [0.717, 1.165) is 12.1 Å². The van der Waals surface area contributed by atoms with Gasteiger partial charge in [0.05, 0.1) is 36.6 Å². The van der Waals surface area contributed by atoms with Crippen LogP contribution in [0.15, 0.2) is 35.3 Å². The van der Waals surface area contributed by atoms with Gasteiger partial charge in [-0.1, -0.05) is 0 Å². The number of likely N-dealkylation sites (N-methyl/N-ethyl adjacent to an activating group) is 1. The number of anilines is 1. The number of carbonyl (C=O) groups excluding carboxylic acids is 2. The lowest BCUT2D eigenvalue weighted by Gasteiger charge is -2.46. The highest BCUT2D eigenvalue weighted by Gasteiger charge is 2.49. The van der Waals surface area contributed by atoms with Gasteiger partial charge in [0.2, 0.25) is 5.91 Å². The van der Waals surface area contributed by atoms with Gasteiger partial charge in [-0.2, -0.15) is 11.3 Å². The first-order valence-corrected chi connectivity index (χ1v) is 9.79. The normalized spacial score (nSPS) is 23.3. The van der Waals surface area contributed by atoms with E-state index in [9.17, 15) is 9.59 Å². The van der Waals surface area contributed by atoms with Gasteiger partial charge in [-0.15, -0.1) is 0 Å². The minimum Gasteiger partial charge on any atom is -0.494 e. The van der Waals surface area contributed by atoms with Crippen molar-refractivity contribution in [3.05, 3.63) is 40.8 Å². The zero-order chi connectivity index (χ0) is 19.0. The summed E-state index contributed by atoms with van der Waals surface area (Å²) < 4.78 is 5.29. The maximum atomic E-state index is 13.1. The van der Waals surface area contributed by atoms with Crippen molar-refractivity contribution < 1.29 is 14.3 Å². The first-order chi connectivity index (χ1) is 13.0. The Labute approximate surface area is 162 Å². The van der Waals surface area contributed by atoms with Gasteiger partial charge < -0.3 is 14.5 Å². The molecular formula is C19H22N4O3S. The van der Waals surface area contributed by atoms with Crippen LogP contribution in [0.2, 0.25) is 0 Å². The lowest BCUT2D eigenvalue weighted by atomic mass is 9.93. The Bertz CT molecular complexity index is 856. The highest BCUT2D eigenvalue weighted by molar-refractivity contribution is 7.08. The van der Waals surface area contributed by atoms with Gasteiger partial charge in [0.15, 0.2) is 0 Å². The number of hydrogen-bond donors (Lipinski definition) is 0. The van der Waals surface area contributed by atoms with Gasteiger partial charge in [-0.3, -0.25) is 19.5 Å². The Morgan fingerprint density at radius 1 is 1.33 bits per heavy atom. The summed E-state index contributed by atoms with van der Waals surface area (Å²) in [5.74, 6) is 0.524. The molecule has 27 heavy (non-hydrogen) atoms. The summed E-state index contributed by atoms with van der Waals surface area (Å²) in [4.78, 5) is 35.4. The number of nitrogens with zero attached hydrogens (tertiary/aromatic N) is 4. The Hall–Kier alpha value is -2.45. The van der Waals surface area contributed by atoms with Gasteiger partial charge in [0, 0.05) is 31.2 Å². The first kappa shape index (κ1) is 17.9. The van der Waals surface area contributed by atoms with Crippen molar-refractivity contribution in [2.24, 2.45) is 0 Å². The van der Waals surface area contributed by atoms with E-state index in [1.807, 2.05) is 33.7 Å². The van der Waals surface area contributed by atoms with Crippen LogP contribution in [0.5, 0.6) is 5.75 Å². The highest BCUT2D eigenvalue weighted by Crippen LogP contribution is 2.35. The largest absolute Gasteiger partial charge is 0.494 e. The molecule has 0 radical (unpaired) electrons. The zero-order valence-electron chi connectivity index (χ0n) is 15.4. The molecule has 0 saturated carbocycles. The van der Waals surface area contributed by atoms with E-state index in [2.05, 4.69) is 9.88 Å². The molecule has 1 spiro atoms. The summed E-state index contributed by atoms with van der Waals surface area (Å²) >= 11 is 1.58. The molecule has 2 saturated heterocycles. The molecule has 2 fully saturated rings. The number of hydrogen-bond acceptors (Lipinski definition) is 6. The second kappa shape index (κ2) is 6.94. The SMILES string of the molecule is COc1cnccc1C(=O)N1CCC2(C1)CN(c1ccsc1)C(=O)CN2C. The number of piperazine rings is 1. The van der Waals surface area contributed by atoms with Crippen LogP contribution in [0.1, 0.15) is 16.8 Å². The third kappa shape index (κ3) is 3.08. The standard InChI is InChI=1S/C19H22N4O3S/c1-21-10-17(24)23(14-4-8-27-11-14)13-19(21)5-7-22(12-19)18(25)15-3-6-20-9-16(15)26-2/h3-4,6,8-9,11H,5,7,10,12-13H2,1-2H3. The lowest BCUT2D eigenvalue weighted by molar-refractivity contribution is -0.123. The van der Waals surface area contributed by atoms with E-state index >= 15 is 0 Å². The predicted octanol–water partition coefficient (Wildman–Crippen LogP) is 1.71. The molecule has 0 bridgehead atoms. The third-order valence-electron chi connectivity index (χ3n) is 5.61. The van der Waals surface area contributed by atoms with E-state index in [1.54, 1.807) is 36.9 Å². The van der Waals surface area contributed by atoms with Crippen molar-refractivity contribution in [1.82, 2.24) is 14.8 Å². The quantitative estimate of drug-likeness (QED) is 0.804. The smallest absolute Gasteiger partial charge is 0.257 e. The van der Waals surface area contributed by atoms with Crippen molar-refractivity contribution in [1.29, 1.82) is 0 Å². The Balaban J connectivity index is 1.56. The average Bonchev–Trinajstić information content (AvgIpc) is 3.35. The fourth-order valence-electron chi connectivity index (χ4n) is 3.97. The van der Waals surface area contributed by atoms with Gasteiger partial charge in [-0.05, 0) is 31.0 Å². The Morgan fingerprint density at radius 2 is 2.19 bits per heavy atom. The second-order valence-corrected chi connectivity index (χ2v) is 7.87. The molecule has 2 aromatic heterocycles. The summed E-state index contributed by atoms with van der Waals surface area (Å²) in [7, 11) is 3.52. The maximum absolute atomic E-state index is 13.1. The second-order valence-electron chi connectivity index (χ2n) is 7.09. The molecule has 4 heterocycles. The summed E-state index contributed by atoms with van der Waals surface area (Å²) in [6.45, 7) is 2.19. The van der Waals surface area contributed by atoms with Crippen molar-refractivity contribution in [2.75, 3.05) is 45.2 Å². The van der Waals surface area contributed by atoms with Gasteiger partial charge >= 0.3 is 0 Å². The summed E-state index contributed by atoms with van der Waals surface area (Å²) in [6, 6.07) is 3.67. The molecule has 4 rings (SSSR count). The number of amides is 2. The Kier molecular flexibility index (Phi) is 4.61. The van der Waals surface area contributed by atoms with Crippen molar-refractivity contribution >= 4 is 28.8 Å². The average molecular weight is 386 g/mol. The van der Waals surface area contributed by atoms with Crippen LogP contribution in [0.4, 0.5) is 5.69 Å². The number of rotatable bonds is 3. The van der Waals surface area contributed by atoms with Crippen LogP contribution in [0.25, 0.3) is 0 Å². The molecule has 2 aromatic rings. The van der Waals surface area contributed by atoms with E-state index in [4.69, 9.17) is 4.74 Å². The van der Waals surface area contributed by atoms with Crippen LogP contribution in [-0.4, -0.2) is 72.5 Å². The first-order valence-electron chi connectivity index (χ1n) is 8.85. The number of pyridine rings is 1. The van der Waals surface area contributed by atoms with Crippen LogP contribution in [0.3, 0.4) is 0 Å². The number of ether oxygens (including phenoxy) is 1. The van der Waals surface area contributed by atoms with Crippen molar-refractivity contribution in [2.45, 2.75) is 12.0 Å². The molecule has 7 nitrogen and oxygen atoms in total. The minimum absolute atomic E-state index is 0.0569. The van der Waals surface area contributed by atoms with Crippen LogP contribution in [-0.2, 0) is 4.79 Å². The van der Waals surface area contributed by atoms with Gasteiger partial charge in [0.1, 0.15) is 5.75 Å². The van der Waals surface area contributed by atoms with E-state index in [-0.39, 0.29) is 17.4 Å². The number of likely N-dealkylation sites (tertiary alicyclic amines) is 1. The number of methoxy groups -OCH3 is 1. The fraction of sp³-hybridized carbons (Fsp3) is 0.421. The molecule has 142 valence electrons. The van der Waals surface area contributed by atoms with Gasteiger partial charge in [-0.25, -0.2) is 0 Å². The Morgan fingerprint density at radius 3 is 2.93 bits per heavy atom. The van der Waals surface area contributed by atoms with E-state index < -0.39 is 0 Å². The molecule has 0 aromatic carbocycles. The highest BCUT2D eigenvalue weighted by atomic mass is 32.1. The third-order valence-corrected chi connectivity index (χ3v) is 6.28. The fourth-order valence-corrected chi connectivity index (χ4v) is 4.61. The molecule has 0 N–H and O–H groups in total. The summed E-state index contributed by atoms with van der Waals surface area (Å²) in [5.41, 5.74) is 1.23. The molecule has 2 amide bonds. The van der Waals surface area contributed by atoms with Crippen molar-refractivity contribution in [3.8, 4) is 5.75 Å².